The highest BCUT2D eigenvalue weighted by Gasteiger charge is 2.30. The average Bonchev–Trinajstić information content (AvgIpc) is 3.49. The van der Waals surface area contributed by atoms with E-state index >= 15 is 0 Å². The van der Waals surface area contributed by atoms with Crippen LogP contribution in [0.25, 0.3) is 11.6 Å². The molecule has 10 heteroatoms. The van der Waals surface area contributed by atoms with Crippen LogP contribution in [0, 0.1) is 5.92 Å². The van der Waals surface area contributed by atoms with Crippen molar-refractivity contribution in [3.63, 3.8) is 0 Å². The Labute approximate surface area is 180 Å². The van der Waals surface area contributed by atoms with Gasteiger partial charge in [0.25, 0.3) is 0 Å². The fourth-order valence-electron chi connectivity index (χ4n) is 3.97. The largest absolute Gasteiger partial charge is 0.461 e. The zero-order chi connectivity index (χ0) is 20.8. The molecule has 1 saturated heterocycles. The first-order valence-electron chi connectivity index (χ1n) is 10.5. The van der Waals surface area contributed by atoms with Crippen molar-refractivity contribution in [3.05, 3.63) is 24.2 Å². The molecule has 1 saturated carbocycles. The molecule has 2 fully saturated rings. The summed E-state index contributed by atoms with van der Waals surface area (Å²) in [6.07, 6.45) is 5.43. The van der Waals surface area contributed by atoms with Gasteiger partial charge < -0.3 is 20.0 Å². The lowest BCUT2D eigenvalue weighted by Crippen LogP contribution is -2.47. The maximum atomic E-state index is 12.7. The molecule has 1 aliphatic carbocycles. The first-order valence-corrected chi connectivity index (χ1v) is 11.7. The third kappa shape index (κ3) is 5.16. The minimum Gasteiger partial charge on any atom is -0.461 e. The van der Waals surface area contributed by atoms with Gasteiger partial charge in [0, 0.05) is 43.6 Å². The van der Waals surface area contributed by atoms with Crippen LogP contribution in [0.5, 0.6) is 0 Å². The molecule has 1 amide bonds. The molecule has 9 nitrogen and oxygen atoms in total. The van der Waals surface area contributed by atoms with Crippen molar-refractivity contribution in [3.8, 4) is 11.6 Å². The number of furan rings is 1. The van der Waals surface area contributed by atoms with Gasteiger partial charge in [-0.15, -0.1) is 5.10 Å². The van der Waals surface area contributed by atoms with Crippen LogP contribution < -0.4 is 10.6 Å². The molecule has 3 heterocycles. The lowest BCUT2D eigenvalue weighted by atomic mass is 9.85. The third-order valence-corrected chi connectivity index (χ3v) is 6.60. The molecule has 1 aliphatic heterocycles. The van der Waals surface area contributed by atoms with Crippen LogP contribution in [0.1, 0.15) is 31.5 Å². The van der Waals surface area contributed by atoms with Gasteiger partial charge in [0.15, 0.2) is 11.7 Å². The zero-order valence-electron chi connectivity index (χ0n) is 17.3. The van der Waals surface area contributed by atoms with Gasteiger partial charge in [-0.3, -0.25) is 14.9 Å². The van der Waals surface area contributed by atoms with Crippen LogP contribution in [0.15, 0.2) is 27.8 Å². The molecule has 0 atom stereocenters. The second-order valence-corrected chi connectivity index (χ2v) is 8.86. The third-order valence-electron chi connectivity index (χ3n) is 5.66. The fraction of sp³-hybridized carbons (Fsp3) is 0.600. The molecule has 2 aliphatic rings. The van der Waals surface area contributed by atoms with Gasteiger partial charge in [0.2, 0.25) is 11.7 Å². The number of aromatic nitrogens is 3. The van der Waals surface area contributed by atoms with Gasteiger partial charge >= 0.3 is 0 Å². The van der Waals surface area contributed by atoms with Gasteiger partial charge in [0.05, 0.1) is 12.8 Å². The highest BCUT2D eigenvalue weighted by molar-refractivity contribution is 7.99. The maximum Gasteiger partial charge on any atom is 0.225 e. The molecule has 0 unspecified atom stereocenters. The van der Waals surface area contributed by atoms with E-state index in [1.165, 1.54) is 0 Å². The van der Waals surface area contributed by atoms with E-state index < -0.39 is 0 Å². The number of hydrogen-bond acceptors (Lipinski definition) is 6. The van der Waals surface area contributed by atoms with E-state index in [2.05, 4.69) is 35.7 Å². The molecule has 0 aromatic carbocycles. The first kappa shape index (κ1) is 20.8. The number of guanidine groups is 1. The monoisotopic (exact) mass is 431 g/mol. The predicted octanol–water partition coefficient (Wildman–Crippen LogP) is 1.86. The molecule has 2 aromatic rings. The van der Waals surface area contributed by atoms with E-state index in [1.807, 2.05) is 23.9 Å². The van der Waals surface area contributed by atoms with Crippen LogP contribution in [-0.4, -0.2) is 69.6 Å². The van der Waals surface area contributed by atoms with Crippen LogP contribution in [0.4, 0.5) is 0 Å². The summed E-state index contributed by atoms with van der Waals surface area (Å²) in [4.78, 5) is 23.5. The topological polar surface area (TPSA) is 111 Å². The van der Waals surface area contributed by atoms with E-state index in [1.54, 1.807) is 13.3 Å². The summed E-state index contributed by atoms with van der Waals surface area (Å²) in [7, 11) is 1.76. The van der Waals surface area contributed by atoms with E-state index in [0.717, 1.165) is 56.2 Å². The molecule has 2 aromatic heterocycles. The van der Waals surface area contributed by atoms with E-state index in [0.29, 0.717) is 35.9 Å². The molecule has 0 radical (unpaired) electrons. The summed E-state index contributed by atoms with van der Waals surface area (Å²) < 4.78 is 5.31. The Bertz CT molecular complexity index is 837. The molecule has 0 spiro atoms. The van der Waals surface area contributed by atoms with Crippen LogP contribution >= 0.6 is 11.8 Å². The Morgan fingerprint density at radius 2 is 2.13 bits per heavy atom. The first-order chi connectivity index (χ1) is 14.7. The normalized spacial score (nSPS) is 22.7. The summed E-state index contributed by atoms with van der Waals surface area (Å²) in [5.74, 6) is 5.28. The number of hydrogen-bond donors (Lipinski definition) is 3. The number of nitrogens with zero attached hydrogens (tertiary/aromatic N) is 4. The number of amides is 1. The number of H-pyrrole nitrogens is 1. The Hall–Kier alpha value is -2.49. The molecular weight excluding hydrogens is 402 g/mol. The average molecular weight is 432 g/mol. The zero-order valence-corrected chi connectivity index (χ0v) is 18.1. The van der Waals surface area contributed by atoms with Gasteiger partial charge in [0.1, 0.15) is 5.82 Å². The Kier molecular flexibility index (Phi) is 6.93. The molecule has 30 heavy (non-hydrogen) atoms. The fourth-order valence-corrected chi connectivity index (χ4v) is 4.88. The smallest absolute Gasteiger partial charge is 0.225 e. The van der Waals surface area contributed by atoms with Crippen LogP contribution in [0.2, 0.25) is 0 Å². The van der Waals surface area contributed by atoms with E-state index in [9.17, 15) is 4.79 Å². The number of carbonyl (C=O) groups is 1. The van der Waals surface area contributed by atoms with Crippen molar-refractivity contribution < 1.29 is 9.21 Å². The molecule has 162 valence electrons. The molecule has 4 rings (SSSR count). The summed E-state index contributed by atoms with van der Waals surface area (Å²) in [6.45, 7) is 2.29. The number of thioether (sulfide) groups is 1. The van der Waals surface area contributed by atoms with Crippen molar-refractivity contribution in [2.75, 3.05) is 31.6 Å². The van der Waals surface area contributed by atoms with Gasteiger partial charge in [-0.1, -0.05) is 0 Å². The van der Waals surface area contributed by atoms with Crippen molar-refractivity contribution >= 4 is 23.6 Å². The summed E-state index contributed by atoms with van der Waals surface area (Å²) in [6, 6.07) is 3.96. The molecular formula is C20H29N7O2S. The quantitative estimate of drug-likeness (QED) is 0.489. The Morgan fingerprint density at radius 1 is 1.33 bits per heavy atom. The number of aliphatic imine (C=N–C) groups is 1. The predicted molar refractivity (Wildman–Crippen MR) is 117 cm³/mol. The maximum absolute atomic E-state index is 12.7. The Balaban J connectivity index is 1.21. The lowest BCUT2D eigenvalue weighted by molar-refractivity contribution is -0.136. The SMILES string of the molecule is CN=C(NCc1nc(-c2ccco2)n[nH]1)NC1CCC(C(=O)N2CCSCC2)CC1. The van der Waals surface area contributed by atoms with Gasteiger partial charge in [-0.05, 0) is 37.8 Å². The summed E-state index contributed by atoms with van der Waals surface area (Å²) in [5, 5.41) is 13.8. The minimum absolute atomic E-state index is 0.176. The highest BCUT2D eigenvalue weighted by Crippen LogP contribution is 2.27. The number of nitrogens with one attached hydrogen (secondary N) is 3. The standard InChI is InChI=1S/C20H29N7O2S/c1-21-20(22-13-17-24-18(26-25-17)16-3-2-10-29-16)23-15-6-4-14(5-7-15)19(28)27-8-11-30-12-9-27/h2-3,10,14-15H,4-9,11-13H2,1H3,(H2,21,22,23)(H,24,25,26). The summed E-state index contributed by atoms with van der Waals surface area (Å²) in [5.41, 5.74) is 0. The van der Waals surface area contributed by atoms with Crippen molar-refractivity contribution in [1.29, 1.82) is 0 Å². The summed E-state index contributed by atoms with van der Waals surface area (Å²) >= 11 is 1.94. The van der Waals surface area contributed by atoms with Gasteiger partial charge in [-0.2, -0.15) is 11.8 Å². The Morgan fingerprint density at radius 3 is 2.83 bits per heavy atom. The lowest BCUT2D eigenvalue weighted by Gasteiger charge is -2.34. The van der Waals surface area contributed by atoms with Crippen LogP contribution in [-0.2, 0) is 11.3 Å². The number of rotatable bonds is 5. The second kappa shape index (κ2) is 10.0. The second-order valence-electron chi connectivity index (χ2n) is 7.64. The van der Waals surface area contributed by atoms with Gasteiger partial charge in [-0.25, -0.2) is 4.98 Å². The van der Waals surface area contributed by atoms with E-state index in [-0.39, 0.29) is 5.92 Å². The number of aromatic amines is 1. The van der Waals surface area contributed by atoms with E-state index in [4.69, 9.17) is 4.42 Å². The molecule has 0 bridgehead atoms. The van der Waals surface area contributed by atoms with Crippen molar-refractivity contribution in [1.82, 2.24) is 30.7 Å². The molecule has 3 N–H and O–H groups in total. The van der Waals surface area contributed by atoms with Crippen molar-refractivity contribution in [2.24, 2.45) is 10.9 Å². The minimum atomic E-state index is 0.176. The highest BCUT2D eigenvalue weighted by atomic mass is 32.2. The number of carbonyl (C=O) groups excluding carboxylic acids is 1. The van der Waals surface area contributed by atoms with Crippen molar-refractivity contribution in [2.45, 2.75) is 38.3 Å². The van der Waals surface area contributed by atoms with Crippen LogP contribution in [0.3, 0.4) is 0 Å².